The van der Waals surface area contributed by atoms with Gasteiger partial charge in [-0.25, -0.2) is 4.98 Å². The molecule has 0 bridgehead atoms. The van der Waals surface area contributed by atoms with Gasteiger partial charge in [0.25, 0.3) is 0 Å². The van der Waals surface area contributed by atoms with Crippen LogP contribution in [-0.2, 0) is 19.5 Å². The first-order chi connectivity index (χ1) is 10.8. The highest BCUT2D eigenvalue weighted by molar-refractivity contribution is 5.74. The van der Waals surface area contributed by atoms with Gasteiger partial charge in [0.2, 0.25) is 0 Å². The molecule has 1 atom stereocenters. The lowest BCUT2D eigenvalue weighted by molar-refractivity contribution is 0.264. The SMILES string of the molecule is N[C@@H](Cc1cnc2[nH]ncc2c1)CN1Cc2ccccc2C1. The standard InChI is InChI=1S/C17H19N5/c18-16(6-12-5-15-8-20-21-17(15)19-7-12)11-22-9-13-3-1-2-4-14(13)10-22/h1-5,7-8,16H,6,9-11,18H2,(H,19,20,21)/t16-/m0/s1. The van der Waals surface area contributed by atoms with Gasteiger partial charge in [-0.1, -0.05) is 24.3 Å². The van der Waals surface area contributed by atoms with E-state index in [1.807, 2.05) is 6.20 Å². The summed E-state index contributed by atoms with van der Waals surface area (Å²) in [7, 11) is 0. The van der Waals surface area contributed by atoms with Crippen molar-refractivity contribution in [1.29, 1.82) is 0 Å². The number of pyridine rings is 1. The number of aromatic nitrogens is 3. The highest BCUT2D eigenvalue weighted by atomic mass is 15.2. The van der Waals surface area contributed by atoms with Crippen molar-refractivity contribution in [2.75, 3.05) is 6.54 Å². The van der Waals surface area contributed by atoms with Crippen LogP contribution in [0.2, 0.25) is 0 Å². The van der Waals surface area contributed by atoms with Crippen molar-refractivity contribution in [2.24, 2.45) is 5.73 Å². The van der Waals surface area contributed by atoms with Crippen molar-refractivity contribution >= 4 is 11.0 Å². The van der Waals surface area contributed by atoms with Gasteiger partial charge < -0.3 is 5.73 Å². The average molecular weight is 293 g/mol. The molecule has 0 aliphatic carbocycles. The smallest absolute Gasteiger partial charge is 0.155 e. The average Bonchev–Trinajstić information content (AvgIpc) is 3.11. The molecule has 0 saturated carbocycles. The quantitative estimate of drug-likeness (QED) is 0.770. The zero-order valence-electron chi connectivity index (χ0n) is 12.4. The topological polar surface area (TPSA) is 70.8 Å². The van der Waals surface area contributed by atoms with E-state index in [0.717, 1.165) is 42.7 Å². The van der Waals surface area contributed by atoms with E-state index in [-0.39, 0.29) is 6.04 Å². The highest BCUT2D eigenvalue weighted by Gasteiger charge is 2.20. The number of H-pyrrole nitrogens is 1. The fourth-order valence-electron chi connectivity index (χ4n) is 3.23. The van der Waals surface area contributed by atoms with E-state index < -0.39 is 0 Å². The molecular weight excluding hydrogens is 274 g/mol. The Morgan fingerprint density at radius 1 is 1.18 bits per heavy atom. The Hall–Kier alpha value is -2.24. The summed E-state index contributed by atoms with van der Waals surface area (Å²) in [5.41, 5.74) is 11.2. The second-order valence-corrected chi connectivity index (χ2v) is 6.05. The van der Waals surface area contributed by atoms with Gasteiger partial charge in [-0.05, 0) is 29.2 Å². The molecule has 3 N–H and O–H groups in total. The van der Waals surface area contributed by atoms with Crippen LogP contribution in [0.25, 0.3) is 11.0 Å². The van der Waals surface area contributed by atoms with Gasteiger partial charge in [0.15, 0.2) is 5.65 Å². The lowest BCUT2D eigenvalue weighted by atomic mass is 10.1. The van der Waals surface area contributed by atoms with Gasteiger partial charge >= 0.3 is 0 Å². The van der Waals surface area contributed by atoms with Gasteiger partial charge in [-0.3, -0.25) is 10.00 Å². The van der Waals surface area contributed by atoms with Crippen molar-refractivity contribution < 1.29 is 0 Å². The van der Waals surface area contributed by atoms with E-state index in [2.05, 4.69) is 50.4 Å². The molecule has 0 unspecified atom stereocenters. The largest absolute Gasteiger partial charge is 0.326 e. The Balaban J connectivity index is 1.40. The minimum absolute atomic E-state index is 0.112. The Labute approximate surface area is 129 Å². The minimum Gasteiger partial charge on any atom is -0.326 e. The molecule has 5 nitrogen and oxygen atoms in total. The predicted octanol–water partition coefficient (Wildman–Crippen LogP) is 1.84. The van der Waals surface area contributed by atoms with Crippen molar-refractivity contribution in [3.05, 3.63) is 59.4 Å². The maximum Gasteiger partial charge on any atom is 0.155 e. The van der Waals surface area contributed by atoms with E-state index >= 15 is 0 Å². The molecule has 3 aromatic rings. The maximum absolute atomic E-state index is 6.35. The van der Waals surface area contributed by atoms with Crippen molar-refractivity contribution in [1.82, 2.24) is 20.1 Å². The molecular formula is C17H19N5. The van der Waals surface area contributed by atoms with E-state index in [1.54, 1.807) is 6.20 Å². The monoisotopic (exact) mass is 293 g/mol. The molecule has 0 saturated heterocycles. The van der Waals surface area contributed by atoms with Crippen LogP contribution in [0.3, 0.4) is 0 Å². The van der Waals surface area contributed by atoms with Gasteiger partial charge in [-0.2, -0.15) is 5.10 Å². The second kappa shape index (κ2) is 5.51. The van der Waals surface area contributed by atoms with Crippen LogP contribution in [0.1, 0.15) is 16.7 Å². The summed E-state index contributed by atoms with van der Waals surface area (Å²) in [6.07, 6.45) is 4.52. The number of fused-ring (bicyclic) bond motifs is 2. The summed E-state index contributed by atoms with van der Waals surface area (Å²) in [6.45, 7) is 2.91. The van der Waals surface area contributed by atoms with E-state index in [9.17, 15) is 0 Å². The molecule has 112 valence electrons. The van der Waals surface area contributed by atoms with Crippen LogP contribution >= 0.6 is 0 Å². The summed E-state index contributed by atoms with van der Waals surface area (Å²) < 4.78 is 0. The van der Waals surface area contributed by atoms with E-state index in [1.165, 1.54) is 11.1 Å². The number of nitrogens with two attached hydrogens (primary N) is 1. The van der Waals surface area contributed by atoms with Crippen LogP contribution in [0.4, 0.5) is 0 Å². The van der Waals surface area contributed by atoms with Crippen LogP contribution < -0.4 is 5.73 Å². The first-order valence-electron chi connectivity index (χ1n) is 7.60. The van der Waals surface area contributed by atoms with Crippen molar-refractivity contribution in [3.63, 3.8) is 0 Å². The van der Waals surface area contributed by atoms with Crippen LogP contribution in [0.5, 0.6) is 0 Å². The molecule has 3 heterocycles. The fraction of sp³-hybridized carbons (Fsp3) is 0.294. The van der Waals surface area contributed by atoms with E-state index in [0.29, 0.717) is 0 Å². The van der Waals surface area contributed by atoms with E-state index in [4.69, 9.17) is 5.73 Å². The van der Waals surface area contributed by atoms with Crippen LogP contribution in [-0.4, -0.2) is 32.7 Å². The number of nitrogens with zero attached hydrogens (tertiary/aromatic N) is 3. The molecule has 2 aromatic heterocycles. The number of aromatic amines is 1. The fourth-order valence-corrected chi connectivity index (χ4v) is 3.23. The first-order valence-corrected chi connectivity index (χ1v) is 7.60. The number of benzene rings is 1. The third kappa shape index (κ3) is 2.61. The molecule has 0 fully saturated rings. The zero-order chi connectivity index (χ0) is 14.9. The molecule has 4 rings (SSSR count). The maximum atomic E-state index is 6.35. The lowest BCUT2D eigenvalue weighted by Crippen LogP contribution is -2.36. The van der Waals surface area contributed by atoms with Crippen LogP contribution in [0.15, 0.2) is 42.7 Å². The second-order valence-electron chi connectivity index (χ2n) is 6.05. The normalized spacial score (nSPS) is 16.0. The van der Waals surface area contributed by atoms with Crippen molar-refractivity contribution in [3.8, 4) is 0 Å². The minimum atomic E-state index is 0.112. The lowest BCUT2D eigenvalue weighted by Gasteiger charge is -2.20. The van der Waals surface area contributed by atoms with Crippen molar-refractivity contribution in [2.45, 2.75) is 25.6 Å². The molecule has 22 heavy (non-hydrogen) atoms. The molecule has 0 amide bonds. The first kappa shape index (κ1) is 13.4. The molecule has 5 heteroatoms. The number of nitrogens with one attached hydrogen (secondary N) is 1. The number of hydrogen-bond donors (Lipinski definition) is 2. The van der Waals surface area contributed by atoms with Gasteiger partial charge in [0.05, 0.1) is 6.20 Å². The third-order valence-corrected chi connectivity index (χ3v) is 4.24. The number of hydrogen-bond acceptors (Lipinski definition) is 4. The Morgan fingerprint density at radius 3 is 2.73 bits per heavy atom. The zero-order valence-corrected chi connectivity index (χ0v) is 12.4. The Bertz CT molecular complexity index is 769. The summed E-state index contributed by atoms with van der Waals surface area (Å²) in [6, 6.07) is 10.8. The van der Waals surface area contributed by atoms with Gasteiger partial charge in [0.1, 0.15) is 0 Å². The van der Waals surface area contributed by atoms with Gasteiger partial charge in [0, 0.05) is 37.3 Å². The summed E-state index contributed by atoms with van der Waals surface area (Å²) in [4.78, 5) is 6.79. The molecule has 1 aromatic carbocycles. The predicted molar refractivity (Wildman–Crippen MR) is 86.1 cm³/mol. The molecule has 0 radical (unpaired) electrons. The Kier molecular flexibility index (Phi) is 3.36. The molecule has 0 spiro atoms. The highest BCUT2D eigenvalue weighted by Crippen LogP contribution is 2.22. The van der Waals surface area contributed by atoms with Crippen LogP contribution in [0, 0.1) is 0 Å². The summed E-state index contributed by atoms with van der Waals surface area (Å²) in [5.74, 6) is 0. The Morgan fingerprint density at radius 2 is 1.95 bits per heavy atom. The number of rotatable bonds is 4. The molecule has 1 aliphatic rings. The third-order valence-electron chi connectivity index (χ3n) is 4.24. The molecule has 1 aliphatic heterocycles. The summed E-state index contributed by atoms with van der Waals surface area (Å²) in [5, 5.41) is 7.91. The summed E-state index contributed by atoms with van der Waals surface area (Å²) >= 11 is 0. The van der Waals surface area contributed by atoms with Gasteiger partial charge in [-0.15, -0.1) is 0 Å².